The van der Waals surface area contributed by atoms with Gasteiger partial charge in [0.1, 0.15) is 22.0 Å². The molecule has 1 aliphatic heterocycles. The molecule has 4 N–H and O–H groups in total. The number of ether oxygens (including phenoxy) is 2. The normalized spacial score (nSPS) is 15.7. The Morgan fingerprint density at radius 3 is 2.20 bits per heavy atom. The fraction of sp³-hybridized carbons (Fsp3) is 0.160. The van der Waals surface area contributed by atoms with Crippen LogP contribution in [0, 0.1) is 0 Å². The number of carbonyl (C=O) groups is 2. The van der Waals surface area contributed by atoms with Gasteiger partial charge in [0.25, 0.3) is 5.56 Å². The molecule has 0 fully saturated rings. The molecule has 35 heavy (non-hydrogen) atoms. The van der Waals surface area contributed by atoms with E-state index < -0.39 is 23.4 Å². The van der Waals surface area contributed by atoms with Crippen molar-refractivity contribution in [2.45, 2.75) is 12.8 Å². The molecule has 10 heteroatoms. The number of phenolic OH excluding ortho intramolecular Hbond substituents is 2. The summed E-state index contributed by atoms with van der Waals surface area (Å²) in [5, 5.41) is 19.3. The standard InChI is InChI=1S/C25H22N2O7S/c1-3-34-25(32)19-18(14-6-10-16(29)11-7-14)20(24(31)33-2)23-27(21(19)26)22(30)17(35-23)12-13-4-8-15(28)9-5-13/h4-12,18,28-29H,3,26H2,1-2H3/b17-12-/t18-/m0/s1. The summed E-state index contributed by atoms with van der Waals surface area (Å²) in [6, 6.07) is 12.2. The van der Waals surface area contributed by atoms with Crippen molar-refractivity contribution in [2.75, 3.05) is 13.7 Å². The van der Waals surface area contributed by atoms with E-state index in [1.807, 2.05) is 0 Å². The highest BCUT2D eigenvalue weighted by atomic mass is 32.1. The predicted molar refractivity (Wildman–Crippen MR) is 130 cm³/mol. The van der Waals surface area contributed by atoms with Crippen LogP contribution in [0.15, 0.2) is 58.9 Å². The largest absolute Gasteiger partial charge is 0.508 e. The highest BCUT2D eigenvalue weighted by Gasteiger charge is 2.39. The van der Waals surface area contributed by atoms with Gasteiger partial charge in [-0.25, -0.2) is 9.59 Å². The third kappa shape index (κ3) is 4.31. The molecular formula is C25H22N2O7S. The summed E-state index contributed by atoms with van der Waals surface area (Å²) in [6.07, 6.45) is 1.60. The first kappa shape index (κ1) is 23.8. The number of esters is 2. The Morgan fingerprint density at radius 2 is 1.63 bits per heavy atom. The van der Waals surface area contributed by atoms with Crippen LogP contribution in [0.4, 0.5) is 0 Å². The average Bonchev–Trinajstić information content (AvgIpc) is 3.16. The van der Waals surface area contributed by atoms with E-state index in [-0.39, 0.29) is 44.3 Å². The zero-order chi connectivity index (χ0) is 25.3. The molecule has 0 spiro atoms. The number of nitrogens with two attached hydrogens (primary N) is 1. The molecule has 2 aromatic carbocycles. The maximum absolute atomic E-state index is 13.4. The van der Waals surface area contributed by atoms with Crippen LogP contribution in [0.3, 0.4) is 0 Å². The van der Waals surface area contributed by atoms with Gasteiger partial charge in [-0.05, 0) is 48.4 Å². The van der Waals surface area contributed by atoms with Gasteiger partial charge in [0.05, 0.1) is 35.3 Å². The van der Waals surface area contributed by atoms with E-state index in [0.717, 1.165) is 15.9 Å². The number of nitrogens with zero attached hydrogens (tertiary/aromatic N) is 1. The lowest BCUT2D eigenvalue weighted by Gasteiger charge is -2.26. The second kappa shape index (κ2) is 9.51. The first-order valence-corrected chi connectivity index (χ1v) is 11.4. The van der Waals surface area contributed by atoms with Gasteiger partial charge in [-0.3, -0.25) is 9.36 Å². The number of aromatic hydroxyl groups is 2. The molecule has 0 bridgehead atoms. The summed E-state index contributed by atoms with van der Waals surface area (Å²) < 4.78 is 11.9. The molecule has 0 radical (unpaired) electrons. The smallest absolute Gasteiger partial charge is 0.338 e. The monoisotopic (exact) mass is 494 g/mol. The number of aromatic nitrogens is 1. The summed E-state index contributed by atoms with van der Waals surface area (Å²) >= 11 is 1.02. The van der Waals surface area contributed by atoms with Crippen LogP contribution in [-0.2, 0) is 19.1 Å². The van der Waals surface area contributed by atoms with Crippen LogP contribution in [0.2, 0.25) is 0 Å². The molecular weight excluding hydrogens is 472 g/mol. The third-order valence-electron chi connectivity index (χ3n) is 5.47. The summed E-state index contributed by atoms with van der Waals surface area (Å²) in [6.45, 7) is 1.68. The zero-order valence-electron chi connectivity index (χ0n) is 18.8. The van der Waals surface area contributed by atoms with Crippen molar-refractivity contribution in [3.63, 3.8) is 0 Å². The molecule has 3 aromatic rings. The number of rotatable bonds is 5. The zero-order valence-corrected chi connectivity index (χ0v) is 19.7. The first-order valence-electron chi connectivity index (χ1n) is 10.6. The Morgan fingerprint density at radius 1 is 1.03 bits per heavy atom. The Bertz CT molecular complexity index is 1510. The lowest BCUT2D eigenvalue weighted by Crippen LogP contribution is -2.41. The maximum Gasteiger partial charge on any atom is 0.338 e. The van der Waals surface area contributed by atoms with Crippen molar-refractivity contribution >= 4 is 40.7 Å². The first-order chi connectivity index (χ1) is 16.8. The Kier molecular flexibility index (Phi) is 6.48. The number of benzene rings is 2. The van der Waals surface area contributed by atoms with Crippen LogP contribution in [-0.4, -0.2) is 40.4 Å². The molecule has 0 amide bonds. The van der Waals surface area contributed by atoms with E-state index in [1.54, 1.807) is 37.3 Å². The number of hydrogen-bond acceptors (Lipinski definition) is 9. The van der Waals surface area contributed by atoms with E-state index in [9.17, 15) is 24.6 Å². The summed E-state index contributed by atoms with van der Waals surface area (Å²) in [5.41, 5.74) is 6.95. The molecule has 0 saturated carbocycles. The van der Waals surface area contributed by atoms with Crippen LogP contribution < -0.4 is 20.5 Å². The molecule has 9 nitrogen and oxygen atoms in total. The Hall–Kier alpha value is -4.31. The molecule has 0 unspecified atom stereocenters. The summed E-state index contributed by atoms with van der Waals surface area (Å²) in [7, 11) is 1.20. The van der Waals surface area contributed by atoms with Crippen molar-refractivity contribution in [1.82, 2.24) is 4.57 Å². The number of hydrogen-bond donors (Lipinski definition) is 3. The topological polar surface area (TPSA) is 141 Å². The SMILES string of the molecule is CCOC(=O)C1=C(N)n2c(s/c(=C\c3ccc(O)cc3)c2=O)=C(C(=O)OC)[C@H]1c1ccc(O)cc1. The molecule has 4 rings (SSSR count). The van der Waals surface area contributed by atoms with Gasteiger partial charge in [0, 0.05) is 0 Å². The maximum atomic E-state index is 13.4. The number of fused-ring (bicyclic) bond motifs is 1. The predicted octanol–water partition coefficient (Wildman–Crippen LogP) is 0.961. The molecule has 0 aliphatic carbocycles. The van der Waals surface area contributed by atoms with Gasteiger partial charge >= 0.3 is 11.9 Å². The fourth-order valence-electron chi connectivity index (χ4n) is 3.89. The van der Waals surface area contributed by atoms with Crippen molar-refractivity contribution in [3.8, 4) is 11.5 Å². The molecule has 1 aromatic heterocycles. The molecule has 180 valence electrons. The molecule has 1 aliphatic rings. The van der Waals surface area contributed by atoms with Gasteiger partial charge in [0.15, 0.2) is 0 Å². The van der Waals surface area contributed by atoms with Crippen molar-refractivity contribution in [2.24, 2.45) is 5.73 Å². The van der Waals surface area contributed by atoms with Crippen molar-refractivity contribution in [3.05, 3.63) is 84.8 Å². The fourth-order valence-corrected chi connectivity index (χ4v) is 5.05. The number of methoxy groups -OCH3 is 1. The quantitative estimate of drug-likeness (QED) is 0.446. The van der Waals surface area contributed by atoms with E-state index in [0.29, 0.717) is 11.1 Å². The van der Waals surface area contributed by atoms with Gasteiger partial charge in [0.2, 0.25) is 0 Å². The van der Waals surface area contributed by atoms with Crippen LogP contribution in [0.5, 0.6) is 11.5 Å². The van der Waals surface area contributed by atoms with Crippen molar-refractivity contribution < 1.29 is 29.3 Å². The van der Waals surface area contributed by atoms with E-state index in [1.165, 1.54) is 31.4 Å². The van der Waals surface area contributed by atoms with Crippen LogP contribution >= 0.6 is 11.3 Å². The van der Waals surface area contributed by atoms with E-state index in [2.05, 4.69) is 0 Å². The minimum absolute atomic E-state index is 0.00219. The minimum Gasteiger partial charge on any atom is -0.508 e. The van der Waals surface area contributed by atoms with Crippen molar-refractivity contribution in [1.29, 1.82) is 0 Å². The molecule has 1 atom stereocenters. The summed E-state index contributed by atoms with van der Waals surface area (Å²) in [4.78, 5) is 39.5. The lowest BCUT2D eigenvalue weighted by molar-refractivity contribution is -0.138. The minimum atomic E-state index is -0.998. The van der Waals surface area contributed by atoms with E-state index >= 15 is 0 Å². The molecule has 2 heterocycles. The Balaban J connectivity index is 2.10. The highest BCUT2D eigenvalue weighted by molar-refractivity contribution is 7.07. The van der Waals surface area contributed by atoms with Gasteiger partial charge in [-0.15, -0.1) is 11.3 Å². The number of phenols is 2. The van der Waals surface area contributed by atoms with Gasteiger partial charge in [-0.2, -0.15) is 0 Å². The third-order valence-corrected chi connectivity index (χ3v) is 6.57. The number of thiazole rings is 1. The average molecular weight is 495 g/mol. The summed E-state index contributed by atoms with van der Waals surface area (Å²) in [5.74, 6) is -2.61. The van der Waals surface area contributed by atoms with Crippen LogP contribution in [0.25, 0.3) is 17.5 Å². The van der Waals surface area contributed by atoms with E-state index in [4.69, 9.17) is 15.2 Å². The second-order valence-electron chi connectivity index (χ2n) is 7.60. The molecule has 0 saturated heterocycles. The highest BCUT2D eigenvalue weighted by Crippen LogP contribution is 2.38. The van der Waals surface area contributed by atoms with Gasteiger partial charge in [-0.1, -0.05) is 24.3 Å². The number of carbonyl (C=O) groups excluding carboxylic acids is 2. The lowest BCUT2D eigenvalue weighted by atomic mass is 9.83. The van der Waals surface area contributed by atoms with Crippen LogP contribution in [0.1, 0.15) is 24.0 Å². The second-order valence-corrected chi connectivity index (χ2v) is 8.63. The van der Waals surface area contributed by atoms with Gasteiger partial charge < -0.3 is 25.4 Å². The Labute approximate surface area is 203 Å².